The van der Waals surface area contributed by atoms with Gasteiger partial charge >= 0.3 is 0 Å². The van der Waals surface area contributed by atoms with E-state index in [2.05, 4.69) is 116 Å². The summed E-state index contributed by atoms with van der Waals surface area (Å²) in [5, 5.41) is 28.7. The number of aryl methyl sites for hydroxylation is 3. The van der Waals surface area contributed by atoms with Crippen molar-refractivity contribution in [2.24, 2.45) is 0 Å². The Morgan fingerprint density at radius 2 is 1.04 bits per heavy atom. The third-order valence-corrected chi connectivity index (χ3v) is 16.0. The van der Waals surface area contributed by atoms with E-state index in [4.69, 9.17) is 34.6 Å². The minimum atomic E-state index is -0.204. The summed E-state index contributed by atoms with van der Waals surface area (Å²) >= 11 is 4.59. The van der Waals surface area contributed by atoms with Gasteiger partial charge in [0.25, 0.3) is 0 Å². The van der Waals surface area contributed by atoms with Crippen LogP contribution in [0.25, 0.3) is 78.3 Å². The van der Waals surface area contributed by atoms with E-state index in [9.17, 15) is 5.21 Å². The Morgan fingerprint density at radius 3 is 1.64 bits per heavy atom. The first-order valence-electron chi connectivity index (χ1n) is 26.8. The average Bonchev–Trinajstić information content (AvgIpc) is 4.36. The highest BCUT2D eigenvalue weighted by Gasteiger charge is 2.18. The zero-order valence-electron chi connectivity index (χ0n) is 46.2. The molecule has 15 nitrogen and oxygen atoms in total. The van der Waals surface area contributed by atoms with Crippen LogP contribution in [0.4, 0.5) is 38.7 Å². The molecule has 9 aromatic heterocycles. The Hall–Kier alpha value is -9.75. The maximum absolute atomic E-state index is 9.86. The van der Waals surface area contributed by atoms with Crippen LogP contribution in [-0.2, 0) is 6.42 Å². The van der Waals surface area contributed by atoms with Gasteiger partial charge in [-0.3, -0.25) is 5.21 Å². The van der Waals surface area contributed by atoms with Crippen molar-refractivity contribution in [2.45, 2.75) is 40.2 Å². The van der Waals surface area contributed by atoms with Crippen LogP contribution < -0.4 is 30.3 Å². The second-order valence-electron chi connectivity index (χ2n) is 20.2. The van der Waals surface area contributed by atoms with E-state index in [0.29, 0.717) is 23.9 Å². The lowest BCUT2D eigenvalue weighted by Crippen LogP contribution is -2.28. The molecule has 1 unspecified atom stereocenters. The van der Waals surface area contributed by atoms with Gasteiger partial charge in [-0.05, 0) is 121 Å². The molecule has 3 aromatic carbocycles. The first kappa shape index (κ1) is 53.9. The molecule has 0 saturated heterocycles. The predicted molar refractivity (Wildman–Crippen MR) is 336 cm³/mol. The van der Waals surface area contributed by atoms with E-state index >= 15 is 0 Å². The molecule has 0 aliphatic carbocycles. The lowest BCUT2D eigenvalue weighted by Gasteiger charge is -2.17. The first-order chi connectivity index (χ1) is 40.4. The van der Waals surface area contributed by atoms with E-state index in [-0.39, 0.29) is 6.10 Å². The SMILES string of the molecule is Cc1cc(-c2ccc(C)nc2Nc2nc(-c3ccc(-c4ccnc(OC(C)Cc5ccc(C)nc5Nc5nc(-c6ccc(-c7ccnc(N(C)C)c7)cc6)cs5)c4)cc3)cs2)cc(Nc2nc(-c3ccc(-c4ccc[n+](O)c4)cc3)cs2)n1. The number of nitrogens with zero attached hydrogens (tertiary/aromatic N) is 10. The maximum Gasteiger partial charge on any atom is 0.230 e. The fourth-order valence-electron chi connectivity index (χ4n) is 9.52. The van der Waals surface area contributed by atoms with Crippen LogP contribution in [0.15, 0.2) is 187 Å². The van der Waals surface area contributed by atoms with Gasteiger partial charge < -0.3 is 25.6 Å². The Balaban J connectivity index is 0.674. The number of rotatable bonds is 18. The summed E-state index contributed by atoms with van der Waals surface area (Å²) in [5.41, 5.74) is 17.3. The van der Waals surface area contributed by atoms with E-state index in [1.54, 1.807) is 36.0 Å². The van der Waals surface area contributed by atoms with Crippen molar-refractivity contribution in [1.82, 2.24) is 39.9 Å². The first-order valence-corrected chi connectivity index (χ1v) is 29.4. The number of pyridine rings is 6. The highest BCUT2D eigenvalue weighted by atomic mass is 32.1. The summed E-state index contributed by atoms with van der Waals surface area (Å²) in [5.74, 6) is 3.59. The van der Waals surface area contributed by atoms with Gasteiger partial charge in [-0.1, -0.05) is 78.9 Å². The maximum atomic E-state index is 9.86. The molecule has 12 rings (SSSR count). The number of ether oxygens (including phenoxy) is 1. The molecule has 0 amide bonds. The van der Waals surface area contributed by atoms with E-state index in [1.165, 1.54) is 22.7 Å². The molecule has 0 bridgehead atoms. The van der Waals surface area contributed by atoms with Gasteiger partial charge in [-0.2, -0.15) is 0 Å². The zero-order valence-corrected chi connectivity index (χ0v) is 48.7. The number of anilines is 7. The number of aromatic nitrogens is 9. The summed E-state index contributed by atoms with van der Waals surface area (Å²) in [7, 11) is 3.99. The van der Waals surface area contributed by atoms with Crippen molar-refractivity contribution >= 4 is 72.7 Å². The van der Waals surface area contributed by atoms with Gasteiger partial charge in [0.05, 0.1) is 22.6 Å². The van der Waals surface area contributed by atoms with E-state index in [1.807, 2.05) is 118 Å². The highest BCUT2D eigenvalue weighted by molar-refractivity contribution is 7.14. The quantitative estimate of drug-likeness (QED) is 0.0472. The predicted octanol–water partition coefficient (Wildman–Crippen LogP) is 15.5. The Bertz CT molecular complexity index is 4260. The van der Waals surface area contributed by atoms with E-state index in [0.717, 1.165) is 133 Å². The van der Waals surface area contributed by atoms with Gasteiger partial charge in [0, 0.05) is 105 Å². The largest absolute Gasteiger partial charge is 0.474 e. The standard InChI is InChI=1S/C65H56N13O2S3/c1-39-9-11-51(61(69-39)75-64-72-56(37-82-64)46-18-12-43(13-19-46)49-25-27-66-59(33-49)77(5)6)31-42(4)80-60-34-50(26-28-67-60)44-14-20-47(21-15-44)57-38-83-65(73-57)76-62-54(24-10-40(2)70-62)53-30-41(3)68-58(32-53)74-63-71-55(36-81-63)48-22-16-45(17-23-48)52-8-7-29-78(79)35-52/h7-30,32-38,42,79H,31H2,1-6H3,(H,68,71,74)(H,69,72,75)(H,70,73,76)/q+1. The Labute approximate surface area is 492 Å². The third kappa shape index (κ3) is 12.7. The normalized spacial score (nSPS) is 11.5. The molecule has 0 aliphatic rings. The van der Waals surface area contributed by atoms with Crippen LogP contribution in [0.1, 0.15) is 29.6 Å². The van der Waals surface area contributed by atoms with Gasteiger partial charge in [0.15, 0.2) is 15.4 Å². The molecule has 4 N–H and O–H groups in total. The molecule has 0 fully saturated rings. The smallest absolute Gasteiger partial charge is 0.230 e. The van der Waals surface area contributed by atoms with Crippen molar-refractivity contribution in [3.05, 3.63) is 209 Å². The molecular formula is C65H56N13O2S3+. The molecule has 0 radical (unpaired) electrons. The summed E-state index contributed by atoms with van der Waals surface area (Å²) < 4.78 is 7.53. The second kappa shape index (κ2) is 23.8. The second-order valence-corrected chi connectivity index (χ2v) is 22.8. The number of nitrogens with one attached hydrogen (secondary N) is 3. The summed E-state index contributed by atoms with van der Waals surface area (Å²) in [6.45, 7) is 8.00. The topological polar surface area (TPSA) is 176 Å². The van der Waals surface area contributed by atoms with Crippen LogP contribution in [0, 0.1) is 20.8 Å². The molecule has 1 atom stereocenters. The molecule has 83 heavy (non-hydrogen) atoms. The highest BCUT2D eigenvalue weighted by Crippen LogP contribution is 2.37. The molecule has 0 aliphatic heterocycles. The van der Waals surface area contributed by atoms with Gasteiger partial charge in [0.1, 0.15) is 29.4 Å². The third-order valence-electron chi connectivity index (χ3n) is 13.7. The fraction of sp³-hybridized carbons (Fsp3) is 0.123. The number of hydrogen-bond donors (Lipinski definition) is 4. The van der Waals surface area contributed by atoms with Crippen LogP contribution in [-0.4, -0.2) is 65.3 Å². The van der Waals surface area contributed by atoms with Crippen molar-refractivity contribution in [1.29, 1.82) is 0 Å². The van der Waals surface area contributed by atoms with Crippen molar-refractivity contribution in [3.63, 3.8) is 0 Å². The summed E-state index contributed by atoms with van der Waals surface area (Å²) in [6, 6.07) is 49.1. The Morgan fingerprint density at radius 1 is 0.506 bits per heavy atom. The molecule has 18 heteroatoms. The van der Waals surface area contributed by atoms with E-state index < -0.39 is 0 Å². The molecule has 0 saturated carbocycles. The molecule has 12 aromatic rings. The van der Waals surface area contributed by atoms with Gasteiger partial charge in [-0.15, -0.1) is 34.0 Å². The lowest BCUT2D eigenvalue weighted by atomic mass is 10.0. The minimum Gasteiger partial charge on any atom is -0.474 e. The van der Waals surface area contributed by atoms with Crippen LogP contribution >= 0.6 is 34.0 Å². The number of thiazole rings is 3. The zero-order chi connectivity index (χ0) is 57.0. The molecule has 9 heterocycles. The van der Waals surface area contributed by atoms with Crippen molar-refractivity contribution < 1.29 is 14.7 Å². The van der Waals surface area contributed by atoms with Gasteiger partial charge in [-0.25, -0.2) is 39.9 Å². The van der Waals surface area contributed by atoms with Gasteiger partial charge in [0.2, 0.25) is 18.3 Å². The van der Waals surface area contributed by atoms with Crippen LogP contribution in [0.3, 0.4) is 0 Å². The summed E-state index contributed by atoms with van der Waals surface area (Å²) in [4.78, 5) is 40.5. The Kier molecular flexibility index (Phi) is 15.4. The molecular weight excluding hydrogens is 1090 g/mol. The molecule has 0 spiro atoms. The lowest BCUT2D eigenvalue weighted by molar-refractivity contribution is -0.904. The van der Waals surface area contributed by atoms with Crippen molar-refractivity contribution in [2.75, 3.05) is 34.9 Å². The number of hydrogen-bond acceptors (Lipinski definition) is 17. The fourth-order valence-corrected chi connectivity index (χ4v) is 11.7. The molecule has 410 valence electrons. The monoisotopic (exact) mass is 1150 g/mol. The number of benzene rings is 3. The average molecular weight is 1150 g/mol. The van der Waals surface area contributed by atoms with Crippen molar-refractivity contribution in [3.8, 4) is 84.2 Å². The van der Waals surface area contributed by atoms with Crippen LogP contribution in [0.2, 0.25) is 0 Å². The summed E-state index contributed by atoms with van der Waals surface area (Å²) in [6.07, 6.45) is 7.29. The minimum absolute atomic E-state index is 0.204. The van der Waals surface area contributed by atoms with Crippen LogP contribution in [0.5, 0.6) is 5.88 Å².